The summed E-state index contributed by atoms with van der Waals surface area (Å²) in [4.78, 5) is 13.5. The van der Waals surface area contributed by atoms with Gasteiger partial charge in [0.2, 0.25) is 0 Å². The van der Waals surface area contributed by atoms with Gasteiger partial charge in [-0.15, -0.1) is 0 Å². The molecular formula is C16H25N3O2. The van der Waals surface area contributed by atoms with Crippen LogP contribution in [0.5, 0.6) is 0 Å². The summed E-state index contributed by atoms with van der Waals surface area (Å²) in [5.74, 6) is -0.150. The Morgan fingerprint density at radius 1 is 1.48 bits per heavy atom. The van der Waals surface area contributed by atoms with Gasteiger partial charge in [0.25, 0.3) is 0 Å². The third-order valence-corrected chi connectivity index (χ3v) is 4.07. The van der Waals surface area contributed by atoms with Crippen molar-refractivity contribution in [1.82, 2.24) is 14.7 Å². The number of carboxylic acid groups (broad SMARTS) is 1. The molecule has 21 heavy (non-hydrogen) atoms. The molecule has 5 heteroatoms. The SMILES string of the molecule is CCC/C=C/[C@@H](C(=O)O)N1CCC(Cn2cccn2)CC1. The summed E-state index contributed by atoms with van der Waals surface area (Å²) in [6.07, 6.45) is 11.7. The molecule has 1 N–H and O–H groups in total. The van der Waals surface area contributed by atoms with Crippen LogP contribution in [0.3, 0.4) is 0 Å². The molecule has 0 radical (unpaired) electrons. The summed E-state index contributed by atoms with van der Waals surface area (Å²) in [6.45, 7) is 4.73. The summed E-state index contributed by atoms with van der Waals surface area (Å²) < 4.78 is 1.97. The predicted molar refractivity (Wildman–Crippen MR) is 82.0 cm³/mol. The van der Waals surface area contributed by atoms with Gasteiger partial charge in [-0.1, -0.05) is 25.5 Å². The lowest BCUT2D eigenvalue weighted by atomic mass is 9.95. The van der Waals surface area contributed by atoms with Crippen molar-refractivity contribution in [3.63, 3.8) is 0 Å². The Bertz CT molecular complexity index is 448. The molecule has 1 aliphatic heterocycles. The fraction of sp³-hybridized carbons (Fsp3) is 0.625. The molecule has 1 aliphatic rings. The highest BCUT2D eigenvalue weighted by Gasteiger charge is 2.27. The van der Waals surface area contributed by atoms with E-state index in [2.05, 4.69) is 16.9 Å². The van der Waals surface area contributed by atoms with E-state index in [-0.39, 0.29) is 0 Å². The molecule has 0 unspecified atom stereocenters. The average Bonchev–Trinajstić information content (AvgIpc) is 2.97. The van der Waals surface area contributed by atoms with Gasteiger partial charge in [0.1, 0.15) is 6.04 Å². The summed E-state index contributed by atoms with van der Waals surface area (Å²) in [5.41, 5.74) is 0. The molecule has 0 amide bonds. The van der Waals surface area contributed by atoms with Gasteiger partial charge in [-0.25, -0.2) is 0 Å². The maximum atomic E-state index is 11.4. The Morgan fingerprint density at radius 3 is 2.81 bits per heavy atom. The first-order valence-corrected chi connectivity index (χ1v) is 7.81. The second-order valence-corrected chi connectivity index (χ2v) is 5.71. The quantitative estimate of drug-likeness (QED) is 0.784. The number of unbranched alkanes of at least 4 members (excludes halogenated alkanes) is 1. The monoisotopic (exact) mass is 291 g/mol. The number of likely N-dealkylation sites (tertiary alicyclic amines) is 1. The lowest BCUT2D eigenvalue weighted by Crippen LogP contribution is -2.45. The number of carbonyl (C=O) groups is 1. The molecule has 1 aromatic rings. The van der Waals surface area contributed by atoms with Crippen molar-refractivity contribution in [3.8, 4) is 0 Å². The van der Waals surface area contributed by atoms with E-state index < -0.39 is 12.0 Å². The minimum absolute atomic E-state index is 0.470. The Morgan fingerprint density at radius 2 is 2.24 bits per heavy atom. The normalized spacial score (nSPS) is 19.1. The highest BCUT2D eigenvalue weighted by atomic mass is 16.4. The average molecular weight is 291 g/mol. The maximum absolute atomic E-state index is 11.4. The van der Waals surface area contributed by atoms with Crippen molar-refractivity contribution < 1.29 is 9.90 Å². The van der Waals surface area contributed by atoms with Crippen LogP contribution in [0.15, 0.2) is 30.6 Å². The molecule has 0 spiro atoms. The van der Waals surface area contributed by atoms with Gasteiger partial charge in [0.05, 0.1) is 0 Å². The lowest BCUT2D eigenvalue weighted by Gasteiger charge is -2.34. The van der Waals surface area contributed by atoms with Crippen molar-refractivity contribution in [3.05, 3.63) is 30.6 Å². The highest BCUT2D eigenvalue weighted by Crippen LogP contribution is 2.21. The van der Waals surface area contributed by atoms with Crippen molar-refractivity contribution >= 4 is 5.97 Å². The van der Waals surface area contributed by atoms with Crippen LogP contribution >= 0.6 is 0 Å². The molecule has 0 aliphatic carbocycles. The zero-order valence-electron chi connectivity index (χ0n) is 12.7. The van der Waals surface area contributed by atoms with Crippen molar-refractivity contribution in [2.24, 2.45) is 5.92 Å². The minimum Gasteiger partial charge on any atom is -0.480 e. The molecule has 0 aromatic carbocycles. The first-order valence-electron chi connectivity index (χ1n) is 7.81. The fourth-order valence-electron chi connectivity index (χ4n) is 2.84. The van der Waals surface area contributed by atoms with E-state index in [1.165, 1.54) is 0 Å². The Kier molecular flexibility index (Phi) is 5.99. The van der Waals surface area contributed by atoms with Gasteiger partial charge in [-0.05, 0) is 44.3 Å². The van der Waals surface area contributed by atoms with Crippen molar-refractivity contribution in [2.75, 3.05) is 13.1 Å². The lowest BCUT2D eigenvalue weighted by molar-refractivity contribution is -0.141. The summed E-state index contributed by atoms with van der Waals surface area (Å²) in [7, 11) is 0. The zero-order chi connectivity index (χ0) is 15.1. The number of piperidine rings is 1. The zero-order valence-corrected chi connectivity index (χ0v) is 12.7. The molecule has 5 nitrogen and oxygen atoms in total. The predicted octanol–water partition coefficient (Wildman–Crippen LogP) is 2.40. The number of allylic oxidation sites excluding steroid dienone is 1. The van der Waals surface area contributed by atoms with Crippen LogP contribution in [0, 0.1) is 5.92 Å². The standard InChI is InChI=1S/C16H25N3O2/c1-2-3-4-6-15(16(20)21)18-11-7-14(8-12-18)13-19-10-5-9-17-19/h4-6,9-10,14-15H,2-3,7-8,11-13H2,1H3,(H,20,21)/b6-4+/t15-/m0/s1. The molecule has 1 aromatic heterocycles. The van der Waals surface area contributed by atoms with Crippen LogP contribution < -0.4 is 0 Å². The van der Waals surface area contributed by atoms with Gasteiger partial charge in [-0.3, -0.25) is 14.4 Å². The first-order chi connectivity index (χ1) is 10.2. The number of rotatable bonds is 7. The van der Waals surface area contributed by atoms with Crippen molar-refractivity contribution in [2.45, 2.75) is 45.2 Å². The topological polar surface area (TPSA) is 58.4 Å². The molecule has 1 atom stereocenters. The van der Waals surface area contributed by atoms with Gasteiger partial charge in [-0.2, -0.15) is 5.10 Å². The number of hydrogen-bond donors (Lipinski definition) is 1. The second-order valence-electron chi connectivity index (χ2n) is 5.71. The van der Waals surface area contributed by atoms with Crippen LogP contribution in [0.1, 0.15) is 32.6 Å². The maximum Gasteiger partial charge on any atom is 0.324 e. The number of aromatic nitrogens is 2. The first kappa shape index (κ1) is 15.8. The molecular weight excluding hydrogens is 266 g/mol. The molecule has 1 saturated heterocycles. The Balaban J connectivity index is 1.84. The van der Waals surface area contributed by atoms with Crippen LogP contribution in [0.25, 0.3) is 0 Å². The molecule has 2 heterocycles. The Hall–Kier alpha value is -1.62. The third kappa shape index (κ3) is 4.70. The van der Waals surface area contributed by atoms with E-state index in [4.69, 9.17) is 0 Å². The van der Waals surface area contributed by atoms with E-state index in [0.29, 0.717) is 5.92 Å². The molecule has 0 bridgehead atoms. The largest absolute Gasteiger partial charge is 0.480 e. The molecule has 1 fully saturated rings. The van der Waals surface area contributed by atoms with Crippen LogP contribution in [0.4, 0.5) is 0 Å². The molecule has 0 saturated carbocycles. The second kappa shape index (κ2) is 7.98. The summed E-state index contributed by atoms with van der Waals surface area (Å²) in [6, 6.07) is 1.47. The van der Waals surface area contributed by atoms with Gasteiger partial charge < -0.3 is 5.11 Å². The van der Waals surface area contributed by atoms with E-state index in [0.717, 1.165) is 45.3 Å². The van der Waals surface area contributed by atoms with Gasteiger partial charge >= 0.3 is 5.97 Å². The number of hydrogen-bond acceptors (Lipinski definition) is 3. The summed E-state index contributed by atoms with van der Waals surface area (Å²) >= 11 is 0. The fourth-order valence-corrected chi connectivity index (χ4v) is 2.84. The number of aliphatic carboxylic acids is 1. The third-order valence-electron chi connectivity index (χ3n) is 4.07. The van der Waals surface area contributed by atoms with E-state index in [1.807, 2.05) is 29.1 Å². The number of nitrogens with zero attached hydrogens (tertiary/aromatic N) is 3. The number of carboxylic acids is 1. The highest BCUT2D eigenvalue weighted by molar-refractivity contribution is 5.75. The minimum atomic E-state index is -0.743. The van der Waals surface area contributed by atoms with Crippen molar-refractivity contribution in [1.29, 1.82) is 0 Å². The smallest absolute Gasteiger partial charge is 0.324 e. The molecule has 2 rings (SSSR count). The molecule has 116 valence electrons. The van der Waals surface area contributed by atoms with E-state index >= 15 is 0 Å². The van der Waals surface area contributed by atoms with E-state index in [1.54, 1.807) is 6.20 Å². The van der Waals surface area contributed by atoms with Gasteiger partial charge in [0.15, 0.2) is 0 Å². The van der Waals surface area contributed by atoms with Crippen LogP contribution in [-0.2, 0) is 11.3 Å². The summed E-state index contributed by atoms with van der Waals surface area (Å²) in [5, 5.41) is 13.6. The van der Waals surface area contributed by atoms with E-state index in [9.17, 15) is 9.90 Å². The van der Waals surface area contributed by atoms with Crippen LogP contribution in [-0.4, -0.2) is 44.9 Å². The Labute approximate surface area is 126 Å². The van der Waals surface area contributed by atoms with Gasteiger partial charge in [0, 0.05) is 18.9 Å². The van der Waals surface area contributed by atoms with Crippen LogP contribution in [0.2, 0.25) is 0 Å².